The molecular weight excluding hydrogens is 118 g/mol. The molecule has 0 amide bonds. The highest BCUT2D eigenvalue weighted by molar-refractivity contribution is 5.85. The molecular formula is C6H11NO2. The van der Waals surface area contributed by atoms with E-state index in [2.05, 4.69) is 0 Å². The van der Waals surface area contributed by atoms with Crippen molar-refractivity contribution in [3.05, 3.63) is 11.6 Å². The fourth-order valence-electron chi connectivity index (χ4n) is 0.387. The molecule has 0 bridgehead atoms. The summed E-state index contributed by atoms with van der Waals surface area (Å²) >= 11 is 0. The average molecular weight is 129 g/mol. The molecule has 0 aromatic rings. The molecule has 0 fully saturated rings. The molecule has 9 heavy (non-hydrogen) atoms. The predicted octanol–water partition coefficient (Wildman–Crippen LogP) is 0.366. The van der Waals surface area contributed by atoms with E-state index in [0.717, 1.165) is 0 Å². The first-order valence-electron chi connectivity index (χ1n) is 2.78. The third kappa shape index (κ3) is 3.73. The zero-order valence-electron chi connectivity index (χ0n) is 5.42. The summed E-state index contributed by atoms with van der Waals surface area (Å²) in [5.41, 5.74) is 5.50. The number of carboxylic acids is 1. The van der Waals surface area contributed by atoms with Gasteiger partial charge < -0.3 is 10.8 Å². The largest absolute Gasteiger partial charge is 0.478 e. The van der Waals surface area contributed by atoms with E-state index >= 15 is 0 Å². The highest BCUT2D eigenvalue weighted by Gasteiger charge is 1.95. The normalized spacial score (nSPS) is 11.6. The van der Waals surface area contributed by atoms with Crippen molar-refractivity contribution in [1.82, 2.24) is 0 Å². The van der Waals surface area contributed by atoms with E-state index in [1.807, 2.05) is 0 Å². The Morgan fingerprint density at radius 2 is 2.33 bits per heavy atom. The van der Waals surface area contributed by atoms with Crippen molar-refractivity contribution in [2.45, 2.75) is 13.3 Å². The maximum atomic E-state index is 10.1. The molecule has 0 unspecified atom stereocenters. The molecule has 0 spiro atoms. The van der Waals surface area contributed by atoms with Gasteiger partial charge in [0.1, 0.15) is 0 Å². The van der Waals surface area contributed by atoms with Crippen LogP contribution >= 0.6 is 0 Å². The molecule has 3 heteroatoms. The van der Waals surface area contributed by atoms with Crippen molar-refractivity contribution in [2.24, 2.45) is 5.73 Å². The fourth-order valence-corrected chi connectivity index (χ4v) is 0.387. The molecule has 0 rings (SSSR count). The molecule has 0 radical (unpaired) electrons. The van der Waals surface area contributed by atoms with Gasteiger partial charge in [-0.1, -0.05) is 6.08 Å². The van der Waals surface area contributed by atoms with Gasteiger partial charge in [0.15, 0.2) is 0 Å². The molecule has 52 valence electrons. The van der Waals surface area contributed by atoms with Crippen molar-refractivity contribution in [1.29, 1.82) is 0 Å². The third-order valence-corrected chi connectivity index (χ3v) is 0.955. The van der Waals surface area contributed by atoms with Crippen LogP contribution in [0.5, 0.6) is 0 Å². The Morgan fingerprint density at radius 1 is 1.78 bits per heavy atom. The van der Waals surface area contributed by atoms with Gasteiger partial charge >= 0.3 is 5.97 Å². The van der Waals surface area contributed by atoms with Crippen molar-refractivity contribution in [3.63, 3.8) is 0 Å². The average Bonchev–Trinajstić information content (AvgIpc) is 1.82. The summed E-state index contributed by atoms with van der Waals surface area (Å²) in [6.07, 6.45) is 2.25. The summed E-state index contributed by atoms with van der Waals surface area (Å²) in [4.78, 5) is 10.1. The van der Waals surface area contributed by atoms with Gasteiger partial charge in [0.05, 0.1) is 0 Å². The number of carbonyl (C=O) groups is 1. The van der Waals surface area contributed by atoms with Gasteiger partial charge in [-0.25, -0.2) is 4.79 Å². The van der Waals surface area contributed by atoms with Gasteiger partial charge in [-0.3, -0.25) is 0 Å². The van der Waals surface area contributed by atoms with E-state index < -0.39 is 5.97 Å². The first-order chi connectivity index (χ1) is 4.18. The summed E-state index contributed by atoms with van der Waals surface area (Å²) in [5.74, 6) is -0.872. The van der Waals surface area contributed by atoms with Gasteiger partial charge in [-0.15, -0.1) is 0 Å². The van der Waals surface area contributed by atoms with E-state index in [-0.39, 0.29) is 0 Å². The van der Waals surface area contributed by atoms with Crippen LogP contribution in [0.2, 0.25) is 0 Å². The van der Waals surface area contributed by atoms with Crippen LogP contribution in [-0.4, -0.2) is 17.6 Å². The summed E-state index contributed by atoms with van der Waals surface area (Å²) < 4.78 is 0. The van der Waals surface area contributed by atoms with Gasteiger partial charge in [0.2, 0.25) is 0 Å². The molecule has 0 aromatic heterocycles. The first kappa shape index (κ1) is 8.17. The highest BCUT2D eigenvalue weighted by Crippen LogP contribution is 1.92. The molecule has 0 atom stereocenters. The van der Waals surface area contributed by atoms with Crippen LogP contribution in [-0.2, 0) is 4.79 Å². The summed E-state index contributed by atoms with van der Waals surface area (Å²) in [6, 6.07) is 0. The Bertz CT molecular complexity index is 129. The quantitative estimate of drug-likeness (QED) is 0.541. The summed E-state index contributed by atoms with van der Waals surface area (Å²) in [6.45, 7) is 2.06. The Balaban J connectivity index is 3.69. The van der Waals surface area contributed by atoms with Crippen LogP contribution in [0.3, 0.4) is 0 Å². The molecule has 0 saturated heterocycles. The number of carboxylic acid groups (broad SMARTS) is 1. The van der Waals surface area contributed by atoms with Crippen molar-refractivity contribution in [3.8, 4) is 0 Å². The SMILES string of the molecule is CC(=CCCN)C(=O)O. The minimum atomic E-state index is -0.872. The molecule has 0 aliphatic heterocycles. The van der Waals surface area contributed by atoms with Crippen molar-refractivity contribution >= 4 is 5.97 Å². The number of aliphatic carboxylic acids is 1. The molecule has 0 heterocycles. The van der Waals surface area contributed by atoms with Crippen LogP contribution < -0.4 is 5.73 Å². The molecule has 3 nitrogen and oxygen atoms in total. The monoisotopic (exact) mass is 129 g/mol. The topological polar surface area (TPSA) is 63.3 Å². The summed E-state index contributed by atoms with van der Waals surface area (Å²) in [7, 11) is 0. The first-order valence-corrected chi connectivity index (χ1v) is 2.78. The second kappa shape index (κ2) is 4.09. The second-order valence-electron chi connectivity index (χ2n) is 1.77. The molecule has 0 aliphatic rings. The van der Waals surface area contributed by atoms with E-state index in [1.54, 1.807) is 13.0 Å². The zero-order chi connectivity index (χ0) is 7.28. The van der Waals surface area contributed by atoms with E-state index in [1.165, 1.54) is 0 Å². The van der Waals surface area contributed by atoms with Crippen LogP contribution in [0.4, 0.5) is 0 Å². The van der Waals surface area contributed by atoms with E-state index in [0.29, 0.717) is 18.5 Å². The number of rotatable bonds is 3. The fraction of sp³-hybridized carbons (Fsp3) is 0.500. The molecule has 0 aromatic carbocycles. The maximum absolute atomic E-state index is 10.1. The number of nitrogens with two attached hydrogens (primary N) is 1. The van der Waals surface area contributed by atoms with Crippen LogP contribution in [0.25, 0.3) is 0 Å². The molecule has 3 N–H and O–H groups in total. The third-order valence-electron chi connectivity index (χ3n) is 0.955. The zero-order valence-corrected chi connectivity index (χ0v) is 5.42. The minimum Gasteiger partial charge on any atom is -0.478 e. The minimum absolute atomic E-state index is 0.362. The second-order valence-corrected chi connectivity index (χ2v) is 1.77. The Labute approximate surface area is 54.2 Å². The number of hydrogen-bond donors (Lipinski definition) is 2. The maximum Gasteiger partial charge on any atom is 0.330 e. The Morgan fingerprint density at radius 3 is 2.67 bits per heavy atom. The standard InChI is InChI=1S/C6H11NO2/c1-5(6(8)9)3-2-4-7/h3H,2,4,7H2,1H3,(H,8,9). The van der Waals surface area contributed by atoms with E-state index in [9.17, 15) is 4.79 Å². The van der Waals surface area contributed by atoms with Crippen LogP contribution in [0.1, 0.15) is 13.3 Å². The molecule has 0 aliphatic carbocycles. The van der Waals surface area contributed by atoms with Gasteiger partial charge in [0.25, 0.3) is 0 Å². The van der Waals surface area contributed by atoms with Crippen molar-refractivity contribution in [2.75, 3.05) is 6.54 Å². The highest BCUT2D eigenvalue weighted by atomic mass is 16.4. The summed E-state index contributed by atoms with van der Waals surface area (Å²) in [5, 5.41) is 8.30. The van der Waals surface area contributed by atoms with Crippen LogP contribution in [0.15, 0.2) is 11.6 Å². The van der Waals surface area contributed by atoms with E-state index in [4.69, 9.17) is 10.8 Å². The lowest BCUT2D eigenvalue weighted by Crippen LogP contribution is -1.99. The lowest BCUT2D eigenvalue weighted by atomic mass is 10.2. The van der Waals surface area contributed by atoms with Gasteiger partial charge in [-0.2, -0.15) is 0 Å². The Hall–Kier alpha value is -0.830. The van der Waals surface area contributed by atoms with Crippen molar-refractivity contribution < 1.29 is 9.90 Å². The number of hydrogen-bond acceptors (Lipinski definition) is 2. The molecule has 0 saturated carbocycles. The van der Waals surface area contributed by atoms with Crippen LogP contribution in [0, 0.1) is 0 Å². The lowest BCUT2D eigenvalue weighted by Gasteiger charge is -1.89. The smallest absolute Gasteiger partial charge is 0.330 e. The lowest BCUT2D eigenvalue weighted by molar-refractivity contribution is -0.132. The van der Waals surface area contributed by atoms with Gasteiger partial charge in [0, 0.05) is 5.57 Å². The predicted molar refractivity (Wildman–Crippen MR) is 35.1 cm³/mol. The van der Waals surface area contributed by atoms with Gasteiger partial charge in [-0.05, 0) is 19.9 Å². The Kier molecular flexibility index (Phi) is 3.71.